The van der Waals surface area contributed by atoms with Crippen molar-refractivity contribution in [2.75, 3.05) is 13.2 Å². The van der Waals surface area contributed by atoms with E-state index >= 15 is 0 Å². The predicted octanol–water partition coefficient (Wildman–Crippen LogP) is 2.65. The molecule has 3 aromatic rings. The lowest BCUT2D eigenvalue weighted by Crippen LogP contribution is -2.41. The Bertz CT molecular complexity index is 1010. The Morgan fingerprint density at radius 1 is 1.32 bits per heavy atom. The molecule has 146 valence electrons. The van der Waals surface area contributed by atoms with Crippen molar-refractivity contribution >= 4 is 40.3 Å². The van der Waals surface area contributed by atoms with Gasteiger partial charge in [0.25, 0.3) is 11.6 Å². The van der Waals surface area contributed by atoms with Crippen molar-refractivity contribution in [3.8, 4) is 10.6 Å². The van der Waals surface area contributed by atoms with E-state index < -0.39 is 24.5 Å². The van der Waals surface area contributed by atoms with Gasteiger partial charge in [-0.15, -0.1) is 11.3 Å². The van der Waals surface area contributed by atoms with E-state index in [-0.39, 0.29) is 11.3 Å². The third-order valence-electron chi connectivity index (χ3n) is 3.73. The quantitative estimate of drug-likeness (QED) is 0.608. The number of carbonyl (C=O) groups is 3. The number of ether oxygens (including phenoxy) is 1. The molecule has 3 amide bonds. The topological polar surface area (TPSA) is 123 Å². The summed E-state index contributed by atoms with van der Waals surface area (Å²) in [5.74, 6) is -1.46. The lowest BCUT2D eigenvalue weighted by Gasteiger charge is -2.08. The van der Waals surface area contributed by atoms with Gasteiger partial charge in [-0.1, -0.05) is 18.1 Å². The van der Waals surface area contributed by atoms with E-state index in [1.807, 2.05) is 24.4 Å². The molecule has 0 atom stereocenters. The number of rotatable bonds is 6. The van der Waals surface area contributed by atoms with Crippen LogP contribution in [-0.4, -0.2) is 41.2 Å². The maximum atomic E-state index is 12.6. The van der Waals surface area contributed by atoms with Gasteiger partial charge in [0.2, 0.25) is 0 Å². The summed E-state index contributed by atoms with van der Waals surface area (Å²) < 4.78 is 10.3. The Hall–Kier alpha value is -3.27. The zero-order chi connectivity index (χ0) is 20.1. The molecule has 0 spiro atoms. The van der Waals surface area contributed by atoms with Gasteiger partial charge in [0.15, 0.2) is 6.61 Å². The van der Waals surface area contributed by atoms with Gasteiger partial charge < -0.3 is 14.6 Å². The Labute approximate surface area is 164 Å². The SMILES string of the molecule is CCCNC(=O)NC(=O)COC(=O)c1cc(-c2cccs2)nc2onc(C)c12. The molecule has 0 radical (unpaired) electrons. The molecule has 3 aromatic heterocycles. The highest BCUT2D eigenvalue weighted by molar-refractivity contribution is 7.13. The van der Waals surface area contributed by atoms with Gasteiger partial charge in [0.05, 0.1) is 27.2 Å². The number of fused-ring (bicyclic) bond motifs is 1. The molecular weight excluding hydrogens is 384 g/mol. The summed E-state index contributed by atoms with van der Waals surface area (Å²) >= 11 is 1.46. The first-order valence-corrected chi connectivity index (χ1v) is 9.43. The molecule has 0 fully saturated rings. The third-order valence-corrected chi connectivity index (χ3v) is 4.63. The van der Waals surface area contributed by atoms with Crippen molar-refractivity contribution < 1.29 is 23.6 Å². The van der Waals surface area contributed by atoms with Crippen LogP contribution in [0.25, 0.3) is 21.7 Å². The van der Waals surface area contributed by atoms with Gasteiger partial charge >= 0.3 is 12.0 Å². The van der Waals surface area contributed by atoms with Crippen LogP contribution in [0.2, 0.25) is 0 Å². The summed E-state index contributed by atoms with van der Waals surface area (Å²) in [5.41, 5.74) is 1.42. The number of pyridine rings is 1. The molecule has 0 aliphatic rings. The second-order valence-electron chi connectivity index (χ2n) is 5.86. The molecule has 3 heterocycles. The second-order valence-corrected chi connectivity index (χ2v) is 6.81. The highest BCUT2D eigenvalue weighted by Gasteiger charge is 2.21. The Kier molecular flexibility index (Phi) is 5.99. The number of nitrogens with one attached hydrogen (secondary N) is 2. The number of imide groups is 1. The average Bonchev–Trinajstić information content (AvgIpc) is 3.34. The highest BCUT2D eigenvalue weighted by atomic mass is 32.1. The second kappa shape index (κ2) is 8.61. The van der Waals surface area contributed by atoms with Crippen LogP contribution in [0.4, 0.5) is 4.79 Å². The van der Waals surface area contributed by atoms with E-state index in [9.17, 15) is 14.4 Å². The van der Waals surface area contributed by atoms with Gasteiger partial charge in [-0.3, -0.25) is 10.1 Å². The standard InChI is InChI=1S/C18H18N4O5S/c1-3-6-19-18(25)21-14(23)9-26-17(24)11-8-12(13-5-4-7-28-13)20-16-15(11)10(2)22-27-16/h4-5,7-8H,3,6,9H2,1-2H3,(H2,19,21,23,25). The number of thiophene rings is 1. The minimum atomic E-state index is -0.736. The van der Waals surface area contributed by atoms with Crippen LogP contribution in [0.3, 0.4) is 0 Å². The number of amides is 3. The number of aryl methyl sites for hydroxylation is 1. The molecule has 0 bridgehead atoms. The van der Waals surface area contributed by atoms with E-state index in [0.717, 1.165) is 11.3 Å². The first kappa shape index (κ1) is 19.5. The van der Waals surface area contributed by atoms with E-state index in [1.54, 1.807) is 13.0 Å². The fraction of sp³-hybridized carbons (Fsp3) is 0.278. The number of nitrogens with zero attached hydrogens (tertiary/aromatic N) is 2. The van der Waals surface area contributed by atoms with Crippen LogP contribution in [0.1, 0.15) is 29.4 Å². The first-order chi connectivity index (χ1) is 13.5. The van der Waals surface area contributed by atoms with E-state index in [0.29, 0.717) is 23.3 Å². The summed E-state index contributed by atoms with van der Waals surface area (Å²) in [6.45, 7) is 3.41. The van der Waals surface area contributed by atoms with Crippen molar-refractivity contribution in [1.82, 2.24) is 20.8 Å². The number of aromatic nitrogens is 2. The molecule has 28 heavy (non-hydrogen) atoms. The molecule has 3 rings (SSSR count). The molecule has 0 aromatic carbocycles. The van der Waals surface area contributed by atoms with Gasteiger partial charge in [-0.05, 0) is 30.9 Å². The summed E-state index contributed by atoms with van der Waals surface area (Å²) in [7, 11) is 0. The van der Waals surface area contributed by atoms with Gasteiger partial charge in [-0.25, -0.2) is 14.6 Å². The molecule has 0 aliphatic heterocycles. The Balaban J connectivity index is 1.76. The fourth-order valence-corrected chi connectivity index (χ4v) is 3.15. The number of carbonyl (C=O) groups excluding carboxylic acids is 3. The lowest BCUT2D eigenvalue weighted by atomic mass is 10.1. The molecule has 0 unspecified atom stereocenters. The molecular formula is C18H18N4O5S. The summed E-state index contributed by atoms with van der Waals surface area (Å²) in [5, 5.41) is 10.7. The van der Waals surface area contributed by atoms with E-state index in [1.165, 1.54) is 11.3 Å². The number of hydrogen-bond donors (Lipinski definition) is 2. The lowest BCUT2D eigenvalue weighted by molar-refractivity contribution is -0.123. The number of urea groups is 1. The van der Waals surface area contributed by atoms with Gasteiger partial charge in [-0.2, -0.15) is 0 Å². The molecule has 9 nitrogen and oxygen atoms in total. The zero-order valence-electron chi connectivity index (χ0n) is 15.3. The largest absolute Gasteiger partial charge is 0.452 e. The van der Waals surface area contributed by atoms with Crippen molar-refractivity contribution in [3.63, 3.8) is 0 Å². The Morgan fingerprint density at radius 2 is 2.14 bits per heavy atom. The number of hydrogen-bond acceptors (Lipinski definition) is 8. The van der Waals surface area contributed by atoms with Crippen LogP contribution in [-0.2, 0) is 9.53 Å². The summed E-state index contributed by atoms with van der Waals surface area (Å²) in [6, 6.07) is 4.67. The molecule has 10 heteroatoms. The van der Waals surface area contributed by atoms with Crippen molar-refractivity contribution in [1.29, 1.82) is 0 Å². The van der Waals surface area contributed by atoms with Crippen LogP contribution < -0.4 is 10.6 Å². The maximum absolute atomic E-state index is 12.6. The minimum Gasteiger partial charge on any atom is -0.452 e. The molecule has 2 N–H and O–H groups in total. The van der Waals surface area contributed by atoms with Crippen LogP contribution in [0.15, 0.2) is 28.1 Å². The van der Waals surface area contributed by atoms with Crippen molar-refractivity contribution in [2.24, 2.45) is 0 Å². The van der Waals surface area contributed by atoms with Crippen LogP contribution in [0, 0.1) is 6.92 Å². The Morgan fingerprint density at radius 3 is 2.86 bits per heavy atom. The molecule has 0 saturated heterocycles. The summed E-state index contributed by atoms with van der Waals surface area (Å²) in [4.78, 5) is 41.1. The zero-order valence-corrected chi connectivity index (χ0v) is 16.1. The first-order valence-electron chi connectivity index (χ1n) is 8.55. The third kappa shape index (κ3) is 4.34. The fourth-order valence-electron chi connectivity index (χ4n) is 2.46. The normalized spacial score (nSPS) is 10.6. The minimum absolute atomic E-state index is 0.190. The molecule has 0 saturated carbocycles. The van der Waals surface area contributed by atoms with Crippen molar-refractivity contribution in [2.45, 2.75) is 20.3 Å². The monoisotopic (exact) mass is 402 g/mol. The number of esters is 1. The van der Waals surface area contributed by atoms with E-state index in [4.69, 9.17) is 9.26 Å². The maximum Gasteiger partial charge on any atom is 0.339 e. The van der Waals surface area contributed by atoms with Crippen LogP contribution >= 0.6 is 11.3 Å². The van der Waals surface area contributed by atoms with Crippen LogP contribution in [0.5, 0.6) is 0 Å². The highest BCUT2D eigenvalue weighted by Crippen LogP contribution is 2.29. The smallest absolute Gasteiger partial charge is 0.339 e. The predicted molar refractivity (Wildman–Crippen MR) is 102 cm³/mol. The summed E-state index contributed by atoms with van der Waals surface area (Å²) in [6.07, 6.45) is 0.735. The average molecular weight is 402 g/mol. The van der Waals surface area contributed by atoms with Gasteiger partial charge in [0, 0.05) is 6.54 Å². The molecule has 0 aliphatic carbocycles. The van der Waals surface area contributed by atoms with E-state index in [2.05, 4.69) is 20.8 Å². The van der Waals surface area contributed by atoms with Gasteiger partial charge in [0.1, 0.15) is 0 Å². The van der Waals surface area contributed by atoms with Crippen molar-refractivity contribution in [3.05, 3.63) is 34.8 Å².